The average Bonchev–Trinajstić information content (AvgIpc) is 2.43. The predicted octanol–water partition coefficient (Wildman–Crippen LogP) is 3.68. The minimum Gasteiger partial charge on any atom is -0.457 e. The quantitative estimate of drug-likeness (QED) is 0.889. The highest BCUT2D eigenvalue weighted by molar-refractivity contribution is 5.41. The average molecular weight is 259 g/mol. The second-order valence-corrected chi connectivity index (χ2v) is 4.35. The van der Waals surface area contributed by atoms with Gasteiger partial charge in [-0.05, 0) is 54.8 Å². The molecule has 2 aromatic rings. The van der Waals surface area contributed by atoms with E-state index in [-0.39, 0.29) is 5.82 Å². The first-order valence-electron chi connectivity index (χ1n) is 6.49. The molecule has 2 aromatic carbocycles. The number of hydrogen-bond acceptors (Lipinski definition) is 2. The Morgan fingerprint density at radius 1 is 1.05 bits per heavy atom. The topological polar surface area (TPSA) is 35.2 Å². The Bertz CT molecular complexity index is 554. The lowest BCUT2D eigenvalue weighted by Gasteiger charge is -2.13. The van der Waals surface area contributed by atoms with Crippen molar-refractivity contribution < 1.29 is 9.13 Å². The lowest BCUT2D eigenvalue weighted by Crippen LogP contribution is -2.04. The molecule has 0 unspecified atom stereocenters. The first kappa shape index (κ1) is 13.6. The standard InChI is InChI=1S/C16H18FNO/c1-2-12-5-3-4-6-15(12)19-16-8-7-14(17)11-13(16)9-10-18/h3-8,11H,2,9-10,18H2,1H3. The summed E-state index contributed by atoms with van der Waals surface area (Å²) in [6.45, 7) is 2.54. The molecule has 2 nitrogen and oxygen atoms in total. The van der Waals surface area contributed by atoms with Gasteiger partial charge in [0.25, 0.3) is 0 Å². The monoisotopic (exact) mass is 259 g/mol. The highest BCUT2D eigenvalue weighted by Gasteiger charge is 2.08. The summed E-state index contributed by atoms with van der Waals surface area (Å²) in [6, 6.07) is 12.4. The molecule has 0 amide bonds. The molecule has 0 saturated heterocycles. The molecule has 0 aliphatic rings. The summed E-state index contributed by atoms with van der Waals surface area (Å²) in [5.74, 6) is 1.22. The van der Waals surface area contributed by atoms with Gasteiger partial charge in [-0.3, -0.25) is 0 Å². The van der Waals surface area contributed by atoms with Gasteiger partial charge in [-0.1, -0.05) is 25.1 Å². The van der Waals surface area contributed by atoms with Gasteiger partial charge in [0.1, 0.15) is 17.3 Å². The van der Waals surface area contributed by atoms with E-state index in [0.717, 1.165) is 23.3 Å². The van der Waals surface area contributed by atoms with E-state index in [1.807, 2.05) is 24.3 Å². The van der Waals surface area contributed by atoms with Crippen molar-refractivity contribution in [3.8, 4) is 11.5 Å². The van der Waals surface area contributed by atoms with E-state index >= 15 is 0 Å². The number of rotatable bonds is 5. The third-order valence-corrected chi connectivity index (χ3v) is 3.01. The van der Waals surface area contributed by atoms with Crippen LogP contribution in [0.2, 0.25) is 0 Å². The minimum absolute atomic E-state index is 0.264. The van der Waals surface area contributed by atoms with Crippen molar-refractivity contribution in [3.63, 3.8) is 0 Å². The Labute approximate surface area is 113 Å². The Morgan fingerprint density at radius 2 is 1.79 bits per heavy atom. The lowest BCUT2D eigenvalue weighted by atomic mass is 10.1. The summed E-state index contributed by atoms with van der Waals surface area (Å²) >= 11 is 0. The zero-order valence-corrected chi connectivity index (χ0v) is 11.0. The molecule has 100 valence electrons. The molecule has 2 rings (SSSR count). The van der Waals surface area contributed by atoms with Crippen molar-refractivity contribution in [3.05, 3.63) is 59.4 Å². The summed E-state index contributed by atoms with van der Waals surface area (Å²) in [5.41, 5.74) is 7.48. The van der Waals surface area contributed by atoms with Gasteiger partial charge < -0.3 is 10.5 Å². The second-order valence-electron chi connectivity index (χ2n) is 4.35. The molecule has 0 atom stereocenters. The third-order valence-electron chi connectivity index (χ3n) is 3.01. The van der Waals surface area contributed by atoms with Crippen LogP contribution in [-0.2, 0) is 12.8 Å². The zero-order valence-electron chi connectivity index (χ0n) is 11.0. The van der Waals surface area contributed by atoms with E-state index in [4.69, 9.17) is 10.5 Å². The van der Waals surface area contributed by atoms with Crippen molar-refractivity contribution >= 4 is 0 Å². The largest absolute Gasteiger partial charge is 0.457 e. The van der Waals surface area contributed by atoms with Gasteiger partial charge in [0.15, 0.2) is 0 Å². The van der Waals surface area contributed by atoms with Crippen LogP contribution in [0.3, 0.4) is 0 Å². The molecule has 0 aliphatic heterocycles. The van der Waals surface area contributed by atoms with Gasteiger partial charge >= 0.3 is 0 Å². The fourth-order valence-electron chi connectivity index (χ4n) is 2.01. The van der Waals surface area contributed by atoms with E-state index < -0.39 is 0 Å². The fourth-order valence-corrected chi connectivity index (χ4v) is 2.01. The fraction of sp³-hybridized carbons (Fsp3) is 0.250. The van der Waals surface area contributed by atoms with Crippen LogP contribution >= 0.6 is 0 Å². The molecule has 19 heavy (non-hydrogen) atoms. The normalized spacial score (nSPS) is 10.5. The van der Waals surface area contributed by atoms with Gasteiger partial charge in [0.05, 0.1) is 0 Å². The number of nitrogens with two attached hydrogens (primary N) is 1. The SMILES string of the molecule is CCc1ccccc1Oc1ccc(F)cc1CCN. The van der Waals surface area contributed by atoms with Crippen LogP contribution in [0.15, 0.2) is 42.5 Å². The van der Waals surface area contributed by atoms with Crippen molar-refractivity contribution in [1.29, 1.82) is 0 Å². The molecule has 0 saturated carbocycles. The molecule has 0 heterocycles. The van der Waals surface area contributed by atoms with Gasteiger partial charge in [-0.2, -0.15) is 0 Å². The molecule has 2 N–H and O–H groups in total. The molecule has 0 bridgehead atoms. The molecule has 0 spiro atoms. The Hall–Kier alpha value is -1.87. The molecule has 0 fully saturated rings. The van der Waals surface area contributed by atoms with Gasteiger partial charge in [0, 0.05) is 0 Å². The van der Waals surface area contributed by atoms with Crippen LogP contribution in [0.25, 0.3) is 0 Å². The molecular formula is C16H18FNO. The zero-order chi connectivity index (χ0) is 13.7. The van der Waals surface area contributed by atoms with Gasteiger partial charge in [-0.25, -0.2) is 4.39 Å². The summed E-state index contributed by atoms with van der Waals surface area (Å²) in [6.07, 6.45) is 1.49. The first-order valence-corrected chi connectivity index (χ1v) is 6.49. The van der Waals surface area contributed by atoms with E-state index in [1.165, 1.54) is 12.1 Å². The van der Waals surface area contributed by atoms with Crippen LogP contribution in [0.4, 0.5) is 4.39 Å². The van der Waals surface area contributed by atoms with Crippen LogP contribution in [-0.4, -0.2) is 6.54 Å². The van der Waals surface area contributed by atoms with Crippen molar-refractivity contribution in [2.45, 2.75) is 19.8 Å². The maximum Gasteiger partial charge on any atom is 0.130 e. The van der Waals surface area contributed by atoms with Crippen LogP contribution in [0, 0.1) is 5.82 Å². The number of aryl methyl sites for hydroxylation is 1. The van der Waals surface area contributed by atoms with E-state index in [1.54, 1.807) is 6.07 Å². The van der Waals surface area contributed by atoms with E-state index in [2.05, 4.69) is 6.92 Å². The first-order chi connectivity index (χ1) is 9.24. The number of benzene rings is 2. The smallest absolute Gasteiger partial charge is 0.130 e. The minimum atomic E-state index is -0.264. The Morgan fingerprint density at radius 3 is 2.53 bits per heavy atom. The summed E-state index contributed by atoms with van der Waals surface area (Å²) in [5, 5.41) is 0. The molecule has 0 aliphatic carbocycles. The van der Waals surface area contributed by atoms with Gasteiger partial charge in [0.2, 0.25) is 0 Å². The molecule has 0 aromatic heterocycles. The highest BCUT2D eigenvalue weighted by atomic mass is 19.1. The van der Waals surface area contributed by atoms with Gasteiger partial charge in [-0.15, -0.1) is 0 Å². The van der Waals surface area contributed by atoms with Crippen LogP contribution in [0.5, 0.6) is 11.5 Å². The van der Waals surface area contributed by atoms with Crippen LogP contribution < -0.4 is 10.5 Å². The predicted molar refractivity (Wildman–Crippen MR) is 75.1 cm³/mol. The van der Waals surface area contributed by atoms with Crippen molar-refractivity contribution in [2.24, 2.45) is 5.73 Å². The Kier molecular flexibility index (Phi) is 4.53. The third kappa shape index (κ3) is 3.32. The molecule has 0 radical (unpaired) electrons. The summed E-state index contributed by atoms with van der Waals surface area (Å²) in [7, 11) is 0. The number of ether oxygens (including phenoxy) is 1. The highest BCUT2D eigenvalue weighted by Crippen LogP contribution is 2.29. The van der Waals surface area contributed by atoms with E-state index in [0.29, 0.717) is 18.7 Å². The Balaban J connectivity index is 2.32. The van der Waals surface area contributed by atoms with E-state index in [9.17, 15) is 4.39 Å². The summed E-state index contributed by atoms with van der Waals surface area (Å²) < 4.78 is 19.2. The number of halogens is 1. The number of hydrogen-bond donors (Lipinski definition) is 1. The summed E-state index contributed by atoms with van der Waals surface area (Å²) in [4.78, 5) is 0. The number of para-hydroxylation sites is 1. The maximum absolute atomic E-state index is 13.3. The molecule has 3 heteroatoms. The van der Waals surface area contributed by atoms with Crippen molar-refractivity contribution in [1.82, 2.24) is 0 Å². The van der Waals surface area contributed by atoms with Crippen molar-refractivity contribution in [2.75, 3.05) is 6.54 Å². The second kappa shape index (κ2) is 6.34. The van der Waals surface area contributed by atoms with Crippen LogP contribution in [0.1, 0.15) is 18.1 Å². The maximum atomic E-state index is 13.3. The molecular weight excluding hydrogens is 241 g/mol. The lowest BCUT2D eigenvalue weighted by molar-refractivity contribution is 0.468.